The number of benzene rings is 2. The normalized spacial score (nSPS) is 11.0. The number of hydrogen-bond acceptors (Lipinski definition) is 3. The number of rotatable bonds is 4. The molecule has 0 unspecified atom stereocenters. The lowest BCUT2D eigenvalue weighted by molar-refractivity contribution is 0.0955. The van der Waals surface area contributed by atoms with E-state index in [0.717, 1.165) is 0 Å². The van der Waals surface area contributed by atoms with Crippen molar-refractivity contribution < 1.29 is 9.21 Å². The lowest BCUT2D eigenvalue weighted by Gasteiger charge is -2.01. The number of carbonyl (C=O) groups excluding carboxylic acids is 1. The molecule has 25 heavy (non-hydrogen) atoms. The Morgan fingerprint density at radius 3 is 2.44 bits per heavy atom. The summed E-state index contributed by atoms with van der Waals surface area (Å²) in [5, 5.41) is 5.52. The van der Waals surface area contributed by atoms with Crippen molar-refractivity contribution >= 4 is 46.9 Å². The molecule has 0 aliphatic heterocycles. The van der Waals surface area contributed by atoms with Crippen LogP contribution in [0.3, 0.4) is 0 Å². The molecule has 126 valence electrons. The fourth-order valence-corrected chi connectivity index (χ4v) is 2.58. The lowest BCUT2D eigenvalue weighted by atomic mass is 10.2. The minimum Gasteiger partial charge on any atom is -0.455 e. The first-order valence-corrected chi connectivity index (χ1v) is 8.30. The van der Waals surface area contributed by atoms with E-state index < -0.39 is 0 Å². The zero-order chi connectivity index (χ0) is 17.8. The molecule has 1 amide bonds. The van der Waals surface area contributed by atoms with Crippen LogP contribution in [-0.2, 0) is 0 Å². The number of halogens is 3. The van der Waals surface area contributed by atoms with E-state index in [1.165, 1.54) is 6.21 Å². The smallest absolute Gasteiger partial charge is 0.271 e. The van der Waals surface area contributed by atoms with Crippen LogP contribution in [0.5, 0.6) is 0 Å². The quantitative estimate of drug-likeness (QED) is 0.458. The summed E-state index contributed by atoms with van der Waals surface area (Å²) in [5.74, 6) is 0.665. The van der Waals surface area contributed by atoms with E-state index in [9.17, 15) is 4.79 Å². The molecule has 1 aromatic heterocycles. The van der Waals surface area contributed by atoms with Crippen molar-refractivity contribution in [3.63, 3.8) is 0 Å². The van der Waals surface area contributed by atoms with Crippen LogP contribution in [-0.4, -0.2) is 12.1 Å². The monoisotopic (exact) mass is 392 g/mol. The van der Waals surface area contributed by atoms with Gasteiger partial charge in [-0.15, -0.1) is 0 Å². The number of amides is 1. The average Bonchev–Trinajstić information content (AvgIpc) is 3.06. The van der Waals surface area contributed by atoms with E-state index in [4.69, 9.17) is 39.2 Å². The van der Waals surface area contributed by atoms with Crippen molar-refractivity contribution in [2.45, 2.75) is 0 Å². The summed E-state index contributed by atoms with van der Waals surface area (Å²) in [6, 6.07) is 15.1. The van der Waals surface area contributed by atoms with Crippen LogP contribution in [0.1, 0.15) is 16.1 Å². The van der Waals surface area contributed by atoms with Crippen LogP contribution in [0, 0.1) is 0 Å². The van der Waals surface area contributed by atoms with Crippen LogP contribution >= 0.6 is 34.8 Å². The molecule has 0 aliphatic rings. The third-order valence-corrected chi connectivity index (χ3v) is 4.10. The summed E-state index contributed by atoms with van der Waals surface area (Å²) in [6.45, 7) is 0. The lowest BCUT2D eigenvalue weighted by Crippen LogP contribution is -2.17. The minimum atomic E-state index is -0.349. The van der Waals surface area contributed by atoms with Crippen LogP contribution in [0.2, 0.25) is 15.1 Å². The van der Waals surface area contributed by atoms with Gasteiger partial charge in [-0.05, 0) is 54.6 Å². The molecule has 0 aliphatic carbocycles. The molecule has 0 radical (unpaired) electrons. The average molecular weight is 394 g/mol. The van der Waals surface area contributed by atoms with Crippen molar-refractivity contribution in [3.05, 3.63) is 81.0 Å². The molecular formula is C18H11Cl3N2O2. The van der Waals surface area contributed by atoms with Gasteiger partial charge in [0.05, 0.1) is 11.2 Å². The van der Waals surface area contributed by atoms with E-state index in [0.29, 0.717) is 37.7 Å². The van der Waals surface area contributed by atoms with Crippen LogP contribution in [0.15, 0.2) is 64.1 Å². The molecule has 0 atom stereocenters. The highest BCUT2D eigenvalue weighted by Gasteiger charge is 2.09. The van der Waals surface area contributed by atoms with E-state index in [2.05, 4.69) is 10.5 Å². The zero-order valence-electron chi connectivity index (χ0n) is 12.7. The largest absolute Gasteiger partial charge is 0.455 e. The second-order valence-corrected chi connectivity index (χ2v) is 6.31. The minimum absolute atomic E-state index is 0.349. The Morgan fingerprint density at radius 1 is 0.960 bits per heavy atom. The van der Waals surface area contributed by atoms with Gasteiger partial charge in [-0.2, -0.15) is 5.10 Å². The fraction of sp³-hybridized carbons (Fsp3) is 0. The first-order chi connectivity index (χ1) is 12.0. The zero-order valence-corrected chi connectivity index (χ0v) is 14.9. The maximum atomic E-state index is 11.9. The maximum Gasteiger partial charge on any atom is 0.271 e. The van der Waals surface area contributed by atoms with Gasteiger partial charge in [0.1, 0.15) is 11.5 Å². The number of hydrogen-bond donors (Lipinski definition) is 1. The summed E-state index contributed by atoms with van der Waals surface area (Å²) in [5.41, 5.74) is 3.55. The standard InChI is InChI=1S/C18H11Cl3N2O2/c19-12-3-1-11(2-4-12)18(24)23-22-10-14-6-8-17(25-14)15-9-13(20)5-7-16(15)21/h1-10H,(H,23,24)/b22-10+. The van der Waals surface area contributed by atoms with Crippen molar-refractivity contribution in [3.8, 4) is 11.3 Å². The second-order valence-electron chi connectivity index (χ2n) is 5.03. The third-order valence-electron chi connectivity index (χ3n) is 3.28. The van der Waals surface area contributed by atoms with Gasteiger partial charge in [0, 0.05) is 21.2 Å². The second kappa shape index (κ2) is 7.74. The molecule has 1 N–H and O–H groups in total. The molecule has 0 saturated heterocycles. The number of nitrogens with zero attached hydrogens (tertiary/aromatic N) is 1. The van der Waals surface area contributed by atoms with Crippen LogP contribution in [0.4, 0.5) is 0 Å². The van der Waals surface area contributed by atoms with E-state index in [-0.39, 0.29) is 5.91 Å². The summed E-state index contributed by atoms with van der Waals surface area (Å²) < 4.78 is 5.65. The van der Waals surface area contributed by atoms with E-state index >= 15 is 0 Å². The van der Waals surface area contributed by atoms with Crippen molar-refractivity contribution in [1.82, 2.24) is 5.43 Å². The molecule has 4 nitrogen and oxygen atoms in total. The molecule has 1 heterocycles. The first kappa shape index (κ1) is 17.5. The van der Waals surface area contributed by atoms with E-state index in [1.807, 2.05) is 0 Å². The highest BCUT2D eigenvalue weighted by molar-refractivity contribution is 6.35. The predicted octanol–water partition coefficient (Wildman–Crippen LogP) is 5.67. The molecule has 3 rings (SSSR count). The Hall–Kier alpha value is -2.27. The van der Waals surface area contributed by atoms with Gasteiger partial charge >= 0.3 is 0 Å². The Labute approximate surface area is 159 Å². The van der Waals surface area contributed by atoms with Gasteiger partial charge < -0.3 is 4.42 Å². The summed E-state index contributed by atoms with van der Waals surface area (Å²) in [7, 11) is 0. The number of furan rings is 1. The molecule has 0 saturated carbocycles. The Bertz CT molecular complexity index is 934. The Balaban J connectivity index is 1.69. The molecule has 0 spiro atoms. The highest BCUT2D eigenvalue weighted by Crippen LogP contribution is 2.31. The Morgan fingerprint density at radius 2 is 1.68 bits per heavy atom. The van der Waals surface area contributed by atoms with Gasteiger partial charge in [0.25, 0.3) is 5.91 Å². The topological polar surface area (TPSA) is 54.6 Å². The van der Waals surface area contributed by atoms with Gasteiger partial charge in [0.15, 0.2) is 0 Å². The number of hydrazone groups is 1. The summed E-state index contributed by atoms with van der Waals surface area (Å²) >= 11 is 17.9. The predicted molar refractivity (Wildman–Crippen MR) is 101 cm³/mol. The van der Waals surface area contributed by atoms with Gasteiger partial charge in [-0.1, -0.05) is 34.8 Å². The van der Waals surface area contributed by atoms with E-state index in [1.54, 1.807) is 54.6 Å². The van der Waals surface area contributed by atoms with Crippen molar-refractivity contribution in [2.24, 2.45) is 5.10 Å². The molecule has 0 fully saturated rings. The Kier molecular flexibility index (Phi) is 5.43. The van der Waals surface area contributed by atoms with Crippen LogP contribution in [0.25, 0.3) is 11.3 Å². The molecule has 3 aromatic rings. The molecular weight excluding hydrogens is 383 g/mol. The summed E-state index contributed by atoms with van der Waals surface area (Å²) in [4.78, 5) is 11.9. The van der Waals surface area contributed by atoms with Gasteiger partial charge in [-0.3, -0.25) is 4.79 Å². The highest BCUT2D eigenvalue weighted by atomic mass is 35.5. The van der Waals surface area contributed by atoms with Crippen molar-refractivity contribution in [2.75, 3.05) is 0 Å². The van der Waals surface area contributed by atoms with Crippen molar-refractivity contribution in [1.29, 1.82) is 0 Å². The first-order valence-electron chi connectivity index (χ1n) is 7.17. The summed E-state index contributed by atoms with van der Waals surface area (Å²) in [6.07, 6.45) is 1.40. The number of nitrogens with one attached hydrogen (secondary N) is 1. The van der Waals surface area contributed by atoms with Crippen LogP contribution < -0.4 is 5.43 Å². The van der Waals surface area contributed by atoms with Gasteiger partial charge in [0.2, 0.25) is 0 Å². The fourth-order valence-electron chi connectivity index (χ4n) is 2.07. The van der Waals surface area contributed by atoms with Gasteiger partial charge in [-0.25, -0.2) is 5.43 Å². The molecule has 0 bridgehead atoms. The third kappa shape index (κ3) is 4.42. The number of carbonyl (C=O) groups is 1. The maximum absolute atomic E-state index is 11.9. The molecule has 2 aromatic carbocycles. The SMILES string of the molecule is O=C(N/N=C/c1ccc(-c2cc(Cl)ccc2Cl)o1)c1ccc(Cl)cc1. The molecule has 7 heteroatoms.